The highest BCUT2D eigenvalue weighted by Crippen LogP contribution is 2.13. The molecule has 0 bridgehead atoms. The number of hydrogen-bond acceptors (Lipinski definition) is 3. The normalized spacial score (nSPS) is 14.0. The molecule has 2 amide bonds. The van der Waals surface area contributed by atoms with E-state index >= 15 is 0 Å². The Bertz CT molecular complexity index is 813. The molecule has 29 heavy (non-hydrogen) atoms. The molecule has 0 atom stereocenters. The van der Waals surface area contributed by atoms with Crippen LogP contribution in [0.4, 0.5) is 4.39 Å². The molecular formula is C23H27FN2O3. The van der Waals surface area contributed by atoms with Gasteiger partial charge >= 0.3 is 0 Å². The van der Waals surface area contributed by atoms with E-state index in [2.05, 4.69) is 6.92 Å². The average molecular weight is 398 g/mol. The van der Waals surface area contributed by atoms with Gasteiger partial charge in [0.1, 0.15) is 11.6 Å². The summed E-state index contributed by atoms with van der Waals surface area (Å²) in [5.74, 6) is 0.389. The fourth-order valence-corrected chi connectivity index (χ4v) is 3.33. The third kappa shape index (κ3) is 5.79. The molecule has 0 unspecified atom stereocenters. The topological polar surface area (TPSA) is 49.9 Å². The van der Waals surface area contributed by atoms with Crippen molar-refractivity contribution in [1.82, 2.24) is 9.80 Å². The summed E-state index contributed by atoms with van der Waals surface area (Å²) in [7, 11) is 0. The molecule has 2 aromatic rings. The van der Waals surface area contributed by atoms with Gasteiger partial charge in [-0.05, 0) is 54.8 Å². The minimum atomic E-state index is -0.303. The first kappa shape index (κ1) is 20.8. The third-order valence-corrected chi connectivity index (χ3v) is 5.15. The van der Waals surface area contributed by atoms with E-state index in [4.69, 9.17) is 4.74 Å². The van der Waals surface area contributed by atoms with E-state index in [1.165, 1.54) is 17.7 Å². The summed E-state index contributed by atoms with van der Waals surface area (Å²) < 4.78 is 18.4. The van der Waals surface area contributed by atoms with Gasteiger partial charge in [-0.15, -0.1) is 0 Å². The lowest BCUT2D eigenvalue weighted by Crippen LogP contribution is -2.50. The molecule has 0 aromatic heterocycles. The van der Waals surface area contributed by atoms with Crippen molar-refractivity contribution in [2.45, 2.75) is 26.2 Å². The summed E-state index contributed by atoms with van der Waals surface area (Å²) in [4.78, 5) is 28.6. The molecule has 1 saturated heterocycles. The Balaban J connectivity index is 1.38. The summed E-state index contributed by atoms with van der Waals surface area (Å²) >= 11 is 0. The molecule has 2 aromatic carbocycles. The Labute approximate surface area is 171 Å². The van der Waals surface area contributed by atoms with Crippen molar-refractivity contribution in [3.63, 3.8) is 0 Å². The first-order valence-electron chi connectivity index (χ1n) is 10.1. The van der Waals surface area contributed by atoms with Crippen molar-refractivity contribution < 1.29 is 18.7 Å². The molecule has 1 aliphatic rings. The van der Waals surface area contributed by atoms with Crippen molar-refractivity contribution in [1.29, 1.82) is 0 Å². The first-order valence-corrected chi connectivity index (χ1v) is 10.1. The number of amides is 2. The van der Waals surface area contributed by atoms with Crippen LogP contribution >= 0.6 is 0 Å². The van der Waals surface area contributed by atoms with Crippen LogP contribution in [0.3, 0.4) is 0 Å². The van der Waals surface area contributed by atoms with E-state index in [1.807, 2.05) is 34.1 Å². The van der Waals surface area contributed by atoms with E-state index in [1.54, 1.807) is 12.1 Å². The van der Waals surface area contributed by atoms with Crippen LogP contribution in [0.2, 0.25) is 0 Å². The van der Waals surface area contributed by atoms with Gasteiger partial charge in [-0.25, -0.2) is 4.39 Å². The molecule has 0 aliphatic carbocycles. The molecule has 0 saturated carbocycles. The van der Waals surface area contributed by atoms with Crippen LogP contribution in [0.1, 0.15) is 35.7 Å². The van der Waals surface area contributed by atoms with Crippen LogP contribution in [-0.4, -0.2) is 54.4 Å². The SMILES string of the molecule is CCc1ccc(C(=O)N2CCN(C(=O)CCCOc3ccc(F)cc3)CC2)cc1. The Kier molecular flexibility index (Phi) is 7.22. The maximum atomic E-state index is 12.9. The number of benzene rings is 2. The number of aryl methyl sites for hydroxylation is 1. The summed E-state index contributed by atoms with van der Waals surface area (Å²) in [5.41, 5.74) is 1.90. The van der Waals surface area contributed by atoms with Gasteiger partial charge in [0.25, 0.3) is 5.91 Å². The Morgan fingerprint density at radius 2 is 1.55 bits per heavy atom. The van der Waals surface area contributed by atoms with Crippen LogP contribution in [0.5, 0.6) is 5.75 Å². The summed E-state index contributed by atoms with van der Waals surface area (Å²) in [6, 6.07) is 13.6. The highest BCUT2D eigenvalue weighted by Gasteiger charge is 2.24. The minimum Gasteiger partial charge on any atom is -0.494 e. The third-order valence-electron chi connectivity index (χ3n) is 5.15. The number of halogens is 1. The lowest BCUT2D eigenvalue weighted by atomic mass is 10.1. The van der Waals surface area contributed by atoms with Crippen molar-refractivity contribution in [2.75, 3.05) is 32.8 Å². The molecule has 0 N–H and O–H groups in total. The number of nitrogens with zero attached hydrogens (tertiary/aromatic N) is 2. The number of piperazine rings is 1. The van der Waals surface area contributed by atoms with Gasteiger partial charge in [-0.2, -0.15) is 0 Å². The maximum Gasteiger partial charge on any atom is 0.253 e. The molecule has 1 aliphatic heterocycles. The predicted octanol–water partition coefficient (Wildman–Crippen LogP) is 3.53. The zero-order valence-corrected chi connectivity index (χ0v) is 16.8. The number of carbonyl (C=O) groups excluding carboxylic acids is 2. The molecule has 0 spiro atoms. The number of carbonyl (C=O) groups is 2. The lowest BCUT2D eigenvalue weighted by Gasteiger charge is -2.35. The van der Waals surface area contributed by atoms with E-state index in [0.29, 0.717) is 56.9 Å². The molecule has 1 fully saturated rings. The second-order valence-electron chi connectivity index (χ2n) is 7.13. The van der Waals surface area contributed by atoms with Gasteiger partial charge in [0, 0.05) is 38.2 Å². The average Bonchev–Trinajstić information content (AvgIpc) is 2.77. The molecular weight excluding hydrogens is 371 g/mol. The van der Waals surface area contributed by atoms with Gasteiger partial charge in [0.15, 0.2) is 0 Å². The number of ether oxygens (including phenoxy) is 1. The predicted molar refractivity (Wildman–Crippen MR) is 109 cm³/mol. The molecule has 5 nitrogen and oxygen atoms in total. The second-order valence-corrected chi connectivity index (χ2v) is 7.13. The second kappa shape index (κ2) is 10.0. The van der Waals surface area contributed by atoms with Crippen LogP contribution in [0.15, 0.2) is 48.5 Å². The van der Waals surface area contributed by atoms with Crippen LogP contribution < -0.4 is 4.74 Å². The summed E-state index contributed by atoms with van der Waals surface area (Å²) in [5, 5.41) is 0. The Morgan fingerprint density at radius 3 is 2.17 bits per heavy atom. The number of rotatable bonds is 7. The van der Waals surface area contributed by atoms with Crippen LogP contribution in [0.25, 0.3) is 0 Å². The van der Waals surface area contributed by atoms with E-state index in [9.17, 15) is 14.0 Å². The number of hydrogen-bond donors (Lipinski definition) is 0. The van der Waals surface area contributed by atoms with E-state index in [0.717, 1.165) is 6.42 Å². The van der Waals surface area contributed by atoms with Crippen LogP contribution in [0, 0.1) is 5.82 Å². The zero-order chi connectivity index (χ0) is 20.6. The zero-order valence-electron chi connectivity index (χ0n) is 16.8. The smallest absolute Gasteiger partial charge is 0.253 e. The molecule has 6 heteroatoms. The highest BCUT2D eigenvalue weighted by molar-refractivity contribution is 5.94. The lowest BCUT2D eigenvalue weighted by molar-refractivity contribution is -0.132. The van der Waals surface area contributed by atoms with E-state index < -0.39 is 0 Å². The van der Waals surface area contributed by atoms with Gasteiger partial charge in [0.05, 0.1) is 6.61 Å². The first-order chi connectivity index (χ1) is 14.1. The largest absolute Gasteiger partial charge is 0.494 e. The molecule has 1 heterocycles. The minimum absolute atomic E-state index is 0.0208. The van der Waals surface area contributed by atoms with Crippen molar-refractivity contribution in [3.8, 4) is 5.75 Å². The fourth-order valence-electron chi connectivity index (χ4n) is 3.33. The Hall–Kier alpha value is -2.89. The monoisotopic (exact) mass is 398 g/mol. The molecule has 154 valence electrons. The quantitative estimate of drug-likeness (QED) is 0.671. The van der Waals surface area contributed by atoms with Crippen molar-refractivity contribution >= 4 is 11.8 Å². The summed E-state index contributed by atoms with van der Waals surface area (Å²) in [6.45, 7) is 4.69. The van der Waals surface area contributed by atoms with Crippen molar-refractivity contribution in [3.05, 3.63) is 65.5 Å². The molecule has 0 radical (unpaired) electrons. The van der Waals surface area contributed by atoms with Gasteiger partial charge in [-0.3, -0.25) is 9.59 Å². The Morgan fingerprint density at radius 1 is 0.931 bits per heavy atom. The summed E-state index contributed by atoms with van der Waals surface area (Å²) in [6.07, 6.45) is 1.94. The van der Waals surface area contributed by atoms with Crippen LogP contribution in [-0.2, 0) is 11.2 Å². The molecule has 3 rings (SSSR count). The highest BCUT2D eigenvalue weighted by atomic mass is 19.1. The van der Waals surface area contributed by atoms with Gasteiger partial charge in [0.2, 0.25) is 5.91 Å². The van der Waals surface area contributed by atoms with Gasteiger partial charge < -0.3 is 14.5 Å². The fraction of sp³-hybridized carbons (Fsp3) is 0.391. The van der Waals surface area contributed by atoms with Gasteiger partial charge in [-0.1, -0.05) is 19.1 Å². The van der Waals surface area contributed by atoms with E-state index in [-0.39, 0.29) is 17.6 Å². The maximum absolute atomic E-state index is 12.9. The van der Waals surface area contributed by atoms with Crippen molar-refractivity contribution in [2.24, 2.45) is 0 Å². The standard InChI is InChI=1S/C23H27FN2O3/c1-2-18-5-7-19(8-6-18)23(28)26-15-13-25(14-16-26)22(27)4-3-17-29-21-11-9-20(24)10-12-21/h5-12H,2-4,13-17H2,1H3.